The van der Waals surface area contributed by atoms with Gasteiger partial charge in [0.15, 0.2) is 5.78 Å². The van der Waals surface area contributed by atoms with E-state index in [4.69, 9.17) is 0 Å². The fourth-order valence-electron chi connectivity index (χ4n) is 3.61. The van der Waals surface area contributed by atoms with Gasteiger partial charge in [-0.05, 0) is 50.5 Å². The van der Waals surface area contributed by atoms with E-state index in [0.717, 1.165) is 0 Å². The third-order valence-corrected chi connectivity index (χ3v) is 5.88. The van der Waals surface area contributed by atoms with Crippen molar-refractivity contribution in [3.05, 3.63) is 59.3 Å². The number of ketones is 2. The number of allylic oxidation sites excluding steroid dienone is 2. The molecule has 0 radical (unpaired) electrons. The molecule has 176 valence electrons. The topological polar surface area (TPSA) is 95.9 Å². The SMILES string of the molecule is C=C/C=C(\N=C/C)C(F)(P)C(=O)NCc1ccc2c(c1)CN(C(CCC(C)=O)C(C)=O)C2=O. The molecule has 9 heteroatoms. The van der Waals surface area contributed by atoms with Gasteiger partial charge in [0, 0.05) is 31.3 Å². The Kier molecular flexibility index (Phi) is 8.94. The van der Waals surface area contributed by atoms with Gasteiger partial charge in [0.2, 0.25) is 5.41 Å². The fourth-order valence-corrected chi connectivity index (χ4v) is 3.89. The molecule has 0 aromatic heterocycles. The molecule has 3 unspecified atom stereocenters. The number of rotatable bonds is 11. The van der Waals surface area contributed by atoms with Crippen LogP contribution in [0.15, 0.2) is 47.6 Å². The Bertz CT molecular complexity index is 1030. The highest BCUT2D eigenvalue weighted by molar-refractivity contribution is 7.21. The van der Waals surface area contributed by atoms with Gasteiger partial charge in [0.05, 0.1) is 11.7 Å². The van der Waals surface area contributed by atoms with Crippen LogP contribution in [0.1, 0.15) is 55.1 Å². The lowest BCUT2D eigenvalue weighted by atomic mass is 10.0. The maximum atomic E-state index is 15.1. The maximum Gasteiger partial charge on any atom is 0.268 e. The first-order valence-electron chi connectivity index (χ1n) is 10.5. The molecule has 0 bridgehead atoms. The number of nitrogens with zero attached hydrogens (tertiary/aromatic N) is 2. The first-order valence-corrected chi connectivity index (χ1v) is 11.1. The van der Waals surface area contributed by atoms with Crippen LogP contribution in [0.3, 0.4) is 0 Å². The molecule has 0 spiro atoms. The average molecular weight is 473 g/mol. The van der Waals surface area contributed by atoms with E-state index < -0.39 is 17.4 Å². The number of carbonyl (C=O) groups is 4. The highest BCUT2D eigenvalue weighted by Crippen LogP contribution is 2.31. The number of carbonyl (C=O) groups excluding carboxylic acids is 4. The van der Waals surface area contributed by atoms with Gasteiger partial charge in [-0.15, -0.1) is 0 Å². The molecule has 0 saturated carbocycles. The number of alkyl halides is 1. The minimum atomic E-state index is -2.43. The zero-order valence-electron chi connectivity index (χ0n) is 19.1. The molecular formula is C24H29FN3O4P. The van der Waals surface area contributed by atoms with E-state index in [1.54, 1.807) is 25.1 Å². The van der Waals surface area contributed by atoms with Crippen molar-refractivity contribution < 1.29 is 23.6 Å². The summed E-state index contributed by atoms with van der Waals surface area (Å²) in [5.74, 6) is -1.38. The molecule has 0 fully saturated rings. The van der Waals surface area contributed by atoms with Crippen molar-refractivity contribution in [2.45, 2.75) is 58.2 Å². The molecule has 1 aromatic carbocycles. The Labute approximate surface area is 195 Å². The lowest BCUT2D eigenvalue weighted by molar-refractivity contribution is -0.126. The number of benzene rings is 1. The van der Waals surface area contributed by atoms with E-state index in [2.05, 4.69) is 16.9 Å². The number of hydrogen-bond acceptors (Lipinski definition) is 5. The Hall–Kier alpha value is -2.99. The van der Waals surface area contributed by atoms with Gasteiger partial charge < -0.3 is 15.0 Å². The summed E-state index contributed by atoms with van der Waals surface area (Å²) in [5.41, 5.74) is 1.76. The predicted molar refractivity (Wildman–Crippen MR) is 129 cm³/mol. The second-order valence-electron chi connectivity index (χ2n) is 7.86. The largest absolute Gasteiger partial charge is 0.349 e. The second kappa shape index (κ2) is 11.2. The summed E-state index contributed by atoms with van der Waals surface area (Å²) in [4.78, 5) is 54.1. The Morgan fingerprint density at radius 1 is 1.36 bits per heavy atom. The number of halogens is 1. The Morgan fingerprint density at radius 2 is 2.06 bits per heavy atom. The van der Waals surface area contributed by atoms with Gasteiger partial charge in [-0.1, -0.05) is 34.0 Å². The van der Waals surface area contributed by atoms with Gasteiger partial charge in [-0.2, -0.15) is 0 Å². The van der Waals surface area contributed by atoms with Crippen LogP contribution >= 0.6 is 9.24 Å². The minimum absolute atomic E-state index is 0.0397. The molecule has 33 heavy (non-hydrogen) atoms. The van der Waals surface area contributed by atoms with Gasteiger partial charge in [-0.3, -0.25) is 19.4 Å². The fraction of sp³-hybridized carbons (Fsp3) is 0.375. The molecule has 7 nitrogen and oxygen atoms in total. The molecule has 2 rings (SSSR count). The first kappa shape index (κ1) is 26.3. The van der Waals surface area contributed by atoms with Gasteiger partial charge in [-0.25, -0.2) is 4.39 Å². The van der Waals surface area contributed by atoms with Crippen LogP contribution in [0.5, 0.6) is 0 Å². The number of amides is 2. The molecule has 2 amide bonds. The summed E-state index contributed by atoms with van der Waals surface area (Å²) in [6, 6.07) is 4.39. The van der Waals surface area contributed by atoms with Crippen molar-refractivity contribution in [3.63, 3.8) is 0 Å². The molecule has 0 aliphatic carbocycles. The van der Waals surface area contributed by atoms with E-state index in [-0.39, 0.29) is 49.1 Å². The summed E-state index contributed by atoms with van der Waals surface area (Å²) in [5, 5.41) is 0.115. The lowest BCUT2D eigenvalue weighted by Gasteiger charge is -2.25. The maximum absolute atomic E-state index is 15.1. The summed E-state index contributed by atoms with van der Waals surface area (Å²) in [7, 11) is 1.87. The van der Waals surface area contributed by atoms with Crippen molar-refractivity contribution in [2.24, 2.45) is 4.99 Å². The summed E-state index contributed by atoms with van der Waals surface area (Å²) >= 11 is 0. The molecular weight excluding hydrogens is 444 g/mol. The Morgan fingerprint density at radius 3 is 2.64 bits per heavy atom. The molecule has 0 saturated heterocycles. The van der Waals surface area contributed by atoms with Crippen molar-refractivity contribution in [2.75, 3.05) is 0 Å². The van der Waals surface area contributed by atoms with E-state index in [0.29, 0.717) is 16.7 Å². The lowest BCUT2D eigenvalue weighted by Crippen LogP contribution is -2.40. The van der Waals surface area contributed by atoms with Crippen LogP contribution in [0, 0.1) is 0 Å². The third kappa shape index (κ3) is 6.29. The standard InChI is InChI=1S/C24H29FN3O4P/c1-5-7-21(26-6-2)24(25,33)23(32)27-13-17-9-10-19-18(12-17)14-28(22(19)31)20(16(4)30)11-8-15(3)29/h5-7,9-10,12,20H,1,8,11,13-14,33H2,2-4H3,(H,27,32)/b21-7-,26-6-. The van der Waals surface area contributed by atoms with E-state index in [1.807, 2.05) is 9.24 Å². The monoisotopic (exact) mass is 473 g/mol. The number of hydrogen-bond donors (Lipinski definition) is 1. The van der Waals surface area contributed by atoms with E-state index in [9.17, 15) is 19.2 Å². The Balaban J connectivity index is 2.14. The van der Waals surface area contributed by atoms with Crippen LogP contribution in [-0.2, 0) is 27.5 Å². The highest BCUT2D eigenvalue weighted by Gasteiger charge is 2.38. The third-order valence-electron chi connectivity index (χ3n) is 5.32. The zero-order valence-corrected chi connectivity index (χ0v) is 20.2. The summed E-state index contributed by atoms with van der Waals surface area (Å²) in [6.07, 6.45) is 4.55. The normalized spacial score (nSPS) is 16.3. The van der Waals surface area contributed by atoms with Crippen LogP contribution in [-0.4, -0.2) is 45.9 Å². The van der Waals surface area contributed by atoms with Crippen molar-refractivity contribution in [1.29, 1.82) is 0 Å². The number of Topliss-reactive ketones (excluding diaryl/α,β-unsaturated/α-hetero) is 2. The van der Waals surface area contributed by atoms with Gasteiger partial charge in [0.25, 0.3) is 11.8 Å². The van der Waals surface area contributed by atoms with Crippen LogP contribution in [0.2, 0.25) is 0 Å². The number of aliphatic imine (C=N–C) groups is 1. The summed E-state index contributed by atoms with van der Waals surface area (Å²) in [6.45, 7) is 8.25. The van der Waals surface area contributed by atoms with Crippen LogP contribution in [0.4, 0.5) is 4.39 Å². The molecule has 1 aliphatic heterocycles. The molecule has 1 heterocycles. The average Bonchev–Trinajstić information content (AvgIpc) is 3.07. The molecule has 1 N–H and O–H groups in total. The smallest absolute Gasteiger partial charge is 0.268 e. The van der Waals surface area contributed by atoms with Crippen LogP contribution < -0.4 is 5.32 Å². The highest BCUT2D eigenvalue weighted by atomic mass is 31.0. The predicted octanol–water partition coefficient (Wildman–Crippen LogP) is 3.29. The summed E-state index contributed by atoms with van der Waals surface area (Å²) < 4.78 is 15.1. The molecule has 3 atom stereocenters. The number of fused-ring (bicyclic) bond motifs is 1. The quantitative estimate of drug-likeness (QED) is 0.303. The number of nitrogens with one attached hydrogen (secondary N) is 1. The van der Waals surface area contributed by atoms with Crippen molar-refractivity contribution >= 4 is 38.8 Å². The van der Waals surface area contributed by atoms with Crippen LogP contribution in [0.25, 0.3) is 0 Å². The van der Waals surface area contributed by atoms with E-state index >= 15 is 4.39 Å². The minimum Gasteiger partial charge on any atom is -0.349 e. The van der Waals surface area contributed by atoms with Gasteiger partial charge >= 0.3 is 0 Å². The zero-order chi connectivity index (χ0) is 24.8. The first-order chi connectivity index (χ1) is 15.5. The molecule has 1 aromatic rings. The molecule has 1 aliphatic rings. The van der Waals surface area contributed by atoms with Crippen molar-refractivity contribution in [1.82, 2.24) is 10.2 Å². The van der Waals surface area contributed by atoms with E-state index in [1.165, 1.54) is 37.1 Å². The van der Waals surface area contributed by atoms with Gasteiger partial charge in [0.1, 0.15) is 5.78 Å². The second-order valence-corrected chi connectivity index (χ2v) is 8.66. The van der Waals surface area contributed by atoms with Crippen molar-refractivity contribution in [3.8, 4) is 0 Å².